The van der Waals surface area contributed by atoms with E-state index in [0.29, 0.717) is 18.7 Å². The van der Waals surface area contributed by atoms with Gasteiger partial charge in [-0.3, -0.25) is 10.2 Å². The van der Waals surface area contributed by atoms with Gasteiger partial charge in [-0.25, -0.2) is 14.3 Å². The van der Waals surface area contributed by atoms with Crippen LogP contribution in [0, 0.1) is 0 Å². The first-order chi connectivity index (χ1) is 8.04. The van der Waals surface area contributed by atoms with Crippen LogP contribution in [0.4, 0.5) is 0 Å². The van der Waals surface area contributed by atoms with Crippen LogP contribution < -0.4 is 11.3 Å². The zero-order chi connectivity index (χ0) is 12.5. The summed E-state index contributed by atoms with van der Waals surface area (Å²) in [6.45, 7) is 0.519. The highest BCUT2D eigenvalue weighted by molar-refractivity contribution is 7.89. The number of hydrazine groups is 1. The van der Waals surface area contributed by atoms with Gasteiger partial charge in [0.25, 0.3) is 5.91 Å². The third kappa shape index (κ3) is 2.33. The fourth-order valence-corrected chi connectivity index (χ4v) is 3.25. The van der Waals surface area contributed by atoms with Crippen molar-refractivity contribution < 1.29 is 17.6 Å². The molecule has 1 aliphatic rings. The molecule has 7 nitrogen and oxygen atoms in total. The van der Waals surface area contributed by atoms with Crippen molar-refractivity contribution in [2.75, 3.05) is 12.3 Å². The highest BCUT2D eigenvalue weighted by atomic mass is 32.2. The van der Waals surface area contributed by atoms with Gasteiger partial charge in [-0.2, -0.15) is 4.31 Å². The van der Waals surface area contributed by atoms with Gasteiger partial charge in [-0.1, -0.05) is 0 Å². The quantitative estimate of drug-likeness (QED) is 0.429. The molecule has 1 aromatic heterocycles. The van der Waals surface area contributed by atoms with Gasteiger partial charge in [0, 0.05) is 6.54 Å². The summed E-state index contributed by atoms with van der Waals surface area (Å²) in [4.78, 5) is 11.4. The van der Waals surface area contributed by atoms with Crippen molar-refractivity contribution in [2.24, 2.45) is 5.84 Å². The molecular weight excluding hydrogens is 246 g/mol. The van der Waals surface area contributed by atoms with E-state index in [2.05, 4.69) is 0 Å². The Morgan fingerprint density at radius 2 is 2.35 bits per heavy atom. The SMILES string of the molecule is NNC(=O)c1ccoc1CN1CCCS1(=O)=O. The van der Waals surface area contributed by atoms with Crippen molar-refractivity contribution in [3.63, 3.8) is 0 Å². The van der Waals surface area contributed by atoms with Crippen LogP contribution >= 0.6 is 0 Å². The summed E-state index contributed by atoms with van der Waals surface area (Å²) >= 11 is 0. The molecule has 0 saturated carbocycles. The van der Waals surface area contributed by atoms with Crippen molar-refractivity contribution in [1.82, 2.24) is 9.73 Å². The summed E-state index contributed by atoms with van der Waals surface area (Å²) < 4.78 is 29.6. The average molecular weight is 259 g/mol. The van der Waals surface area contributed by atoms with Gasteiger partial charge >= 0.3 is 0 Å². The Hall–Kier alpha value is -1.38. The van der Waals surface area contributed by atoms with Gasteiger partial charge in [-0.15, -0.1) is 0 Å². The minimum Gasteiger partial charge on any atom is -0.467 e. The predicted octanol–water partition coefficient (Wildman–Crippen LogP) is -0.581. The maximum Gasteiger partial charge on any atom is 0.268 e. The molecule has 17 heavy (non-hydrogen) atoms. The highest BCUT2D eigenvalue weighted by Crippen LogP contribution is 2.20. The van der Waals surface area contributed by atoms with Crippen molar-refractivity contribution in [3.05, 3.63) is 23.7 Å². The lowest BCUT2D eigenvalue weighted by Crippen LogP contribution is -2.31. The van der Waals surface area contributed by atoms with E-state index in [4.69, 9.17) is 10.3 Å². The molecule has 0 unspecified atom stereocenters. The number of sulfonamides is 1. The van der Waals surface area contributed by atoms with Gasteiger partial charge < -0.3 is 4.42 Å². The van der Waals surface area contributed by atoms with Crippen LogP contribution in [0.15, 0.2) is 16.7 Å². The Morgan fingerprint density at radius 1 is 1.59 bits per heavy atom. The Labute approximate surface area is 98.6 Å². The second-order valence-corrected chi connectivity index (χ2v) is 5.82. The van der Waals surface area contributed by atoms with Crippen molar-refractivity contribution in [2.45, 2.75) is 13.0 Å². The van der Waals surface area contributed by atoms with E-state index < -0.39 is 15.9 Å². The first kappa shape index (κ1) is 12.1. The average Bonchev–Trinajstić information content (AvgIpc) is 2.86. The maximum absolute atomic E-state index is 11.6. The minimum atomic E-state index is -3.20. The summed E-state index contributed by atoms with van der Waals surface area (Å²) in [6, 6.07) is 1.46. The molecule has 0 spiro atoms. The number of nitrogens with zero attached hydrogens (tertiary/aromatic N) is 1. The summed E-state index contributed by atoms with van der Waals surface area (Å²) in [7, 11) is -3.20. The van der Waals surface area contributed by atoms with Gasteiger partial charge in [0.2, 0.25) is 10.0 Å². The molecule has 0 bridgehead atoms. The Kier molecular flexibility index (Phi) is 3.18. The normalized spacial score (nSPS) is 19.4. The van der Waals surface area contributed by atoms with E-state index in [1.165, 1.54) is 16.6 Å². The molecule has 8 heteroatoms. The molecular formula is C9H13N3O4S. The Morgan fingerprint density at radius 3 is 2.94 bits per heavy atom. The monoisotopic (exact) mass is 259 g/mol. The maximum atomic E-state index is 11.6. The number of carbonyl (C=O) groups excluding carboxylic acids is 1. The van der Waals surface area contributed by atoms with Crippen LogP contribution in [0.2, 0.25) is 0 Å². The number of nitrogen functional groups attached to an aromatic ring is 1. The molecule has 0 aliphatic carbocycles. The van der Waals surface area contributed by atoms with E-state index in [-0.39, 0.29) is 17.9 Å². The van der Waals surface area contributed by atoms with E-state index in [1.54, 1.807) is 0 Å². The Bertz CT molecular complexity index is 522. The van der Waals surface area contributed by atoms with Crippen LogP contribution in [0.3, 0.4) is 0 Å². The number of nitrogens with one attached hydrogen (secondary N) is 1. The first-order valence-corrected chi connectivity index (χ1v) is 6.70. The van der Waals surface area contributed by atoms with Crippen LogP contribution in [0.1, 0.15) is 22.5 Å². The second kappa shape index (κ2) is 4.47. The fourth-order valence-electron chi connectivity index (χ4n) is 1.77. The Balaban J connectivity index is 2.20. The zero-order valence-corrected chi connectivity index (χ0v) is 9.87. The number of amides is 1. The lowest BCUT2D eigenvalue weighted by Gasteiger charge is -2.12. The van der Waals surface area contributed by atoms with E-state index >= 15 is 0 Å². The van der Waals surface area contributed by atoms with E-state index in [1.807, 2.05) is 5.43 Å². The lowest BCUT2D eigenvalue weighted by atomic mass is 10.2. The fraction of sp³-hybridized carbons (Fsp3) is 0.444. The molecule has 0 atom stereocenters. The molecule has 1 fully saturated rings. The molecule has 0 radical (unpaired) electrons. The molecule has 2 heterocycles. The molecule has 3 N–H and O–H groups in total. The van der Waals surface area contributed by atoms with Crippen molar-refractivity contribution >= 4 is 15.9 Å². The molecule has 1 amide bonds. The molecule has 94 valence electrons. The largest absolute Gasteiger partial charge is 0.467 e. The highest BCUT2D eigenvalue weighted by Gasteiger charge is 2.30. The summed E-state index contributed by atoms with van der Waals surface area (Å²) in [5.41, 5.74) is 2.25. The zero-order valence-electron chi connectivity index (χ0n) is 9.05. The van der Waals surface area contributed by atoms with Crippen LogP contribution in [-0.2, 0) is 16.6 Å². The third-order valence-electron chi connectivity index (χ3n) is 2.64. The summed E-state index contributed by atoms with van der Waals surface area (Å²) in [5, 5.41) is 0. The van der Waals surface area contributed by atoms with Crippen molar-refractivity contribution in [3.8, 4) is 0 Å². The van der Waals surface area contributed by atoms with Gasteiger partial charge in [0.1, 0.15) is 5.76 Å². The van der Waals surface area contributed by atoms with Crippen LogP contribution in [0.5, 0.6) is 0 Å². The lowest BCUT2D eigenvalue weighted by molar-refractivity contribution is 0.0951. The smallest absolute Gasteiger partial charge is 0.268 e. The predicted molar refractivity (Wildman–Crippen MR) is 59.2 cm³/mol. The standard InChI is InChI=1S/C9H13N3O4S/c10-11-9(13)7-2-4-16-8(7)6-12-3-1-5-17(12,14)15/h2,4H,1,3,5-6,10H2,(H,11,13). The van der Waals surface area contributed by atoms with Gasteiger partial charge in [0.15, 0.2) is 0 Å². The topological polar surface area (TPSA) is 106 Å². The molecule has 0 aromatic carbocycles. The van der Waals surface area contributed by atoms with Crippen LogP contribution in [-0.4, -0.2) is 30.9 Å². The minimum absolute atomic E-state index is 0.0675. The number of nitrogens with two attached hydrogens (primary N) is 1. The first-order valence-electron chi connectivity index (χ1n) is 5.10. The second-order valence-electron chi connectivity index (χ2n) is 3.73. The number of hydrogen-bond donors (Lipinski definition) is 2. The molecule has 1 aliphatic heterocycles. The summed E-state index contributed by atoms with van der Waals surface area (Å²) in [5.74, 6) is 4.97. The number of furan rings is 1. The van der Waals surface area contributed by atoms with Crippen LogP contribution in [0.25, 0.3) is 0 Å². The molecule has 1 aromatic rings. The van der Waals surface area contributed by atoms with Gasteiger partial charge in [0.05, 0.1) is 24.1 Å². The molecule has 2 rings (SSSR count). The van der Waals surface area contributed by atoms with Crippen molar-refractivity contribution in [1.29, 1.82) is 0 Å². The van der Waals surface area contributed by atoms with Gasteiger partial charge in [-0.05, 0) is 12.5 Å². The summed E-state index contributed by atoms with van der Waals surface area (Å²) in [6.07, 6.45) is 1.93. The number of carbonyl (C=O) groups is 1. The van der Waals surface area contributed by atoms with E-state index in [9.17, 15) is 13.2 Å². The number of hydrogen-bond acceptors (Lipinski definition) is 5. The molecule has 1 saturated heterocycles. The van der Waals surface area contributed by atoms with E-state index in [0.717, 1.165) is 0 Å². The number of rotatable bonds is 3. The third-order valence-corrected chi connectivity index (χ3v) is 4.55.